The first-order valence-corrected chi connectivity index (χ1v) is 15.5. The van der Waals surface area contributed by atoms with Gasteiger partial charge in [-0.05, 0) is 85.5 Å². The van der Waals surface area contributed by atoms with Crippen molar-refractivity contribution in [2.75, 3.05) is 6.61 Å². The summed E-state index contributed by atoms with van der Waals surface area (Å²) in [4.78, 5) is 25.4. The summed E-state index contributed by atoms with van der Waals surface area (Å²) in [5.74, 6) is -1.12. The summed E-state index contributed by atoms with van der Waals surface area (Å²) in [6.45, 7) is 14.2. The standard InChI is InChI=1S/C32H50O8/c1-16(2)11-26(34)40-27-18(4)17(3)24(15-33)39-30(27)38-21-12-22(29(36)37)23-9-10-32-13-20(19(5)28(32)35)7-8-25(32)31(23,6)14-21/h16-18,20-25,27-28,30,33,35H,5,7-15H2,1-4,6H3,(H,36,37)/t17?,18-,20?,21?,22?,23?,24?,25?,27?,28?,30?,31?,32?/m1/s1. The lowest BCUT2D eigenvalue weighted by molar-refractivity contribution is -0.303. The van der Waals surface area contributed by atoms with Crippen molar-refractivity contribution in [3.63, 3.8) is 0 Å². The van der Waals surface area contributed by atoms with Crippen LogP contribution >= 0.6 is 0 Å². The maximum absolute atomic E-state index is 12.7. The number of aliphatic hydroxyl groups is 2. The molecule has 0 aromatic heterocycles. The molecule has 4 aliphatic carbocycles. The zero-order valence-electron chi connectivity index (χ0n) is 24.9. The zero-order valence-corrected chi connectivity index (χ0v) is 24.9. The predicted octanol–water partition coefficient (Wildman–Crippen LogP) is 4.56. The Hall–Kier alpha value is -1.48. The van der Waals surface area contributed by atoms with Crippen LogP contribution in [0.5, 0.6) is 0 Å². The number of carbonyl (C=O) groups excluding carboxylic acids is 1. The number of carboxylic acid groups (broad SMARTS) is 1. The van der Waals surface area contributed by atoms with Crippen molar-refractivity contribution in [3.8, 4) is 0 Å². The number of carbonyl (C=O) groups is 2. The second-order valence-electron chi connectivity index (χ2n) is 14.5. The molecule has 226 valence electrons. The molecule has 4 saturated carbocycles. The molecule has 1 heterocycles. The number of hydrogen-bond acceptors (Lipinski definition) is 7. The number of hydrogen-bond donors (Lipinski definition) is 3. The number of carboxylic acids is 1. The number of esters is 1. The van der Waals surface area contributed by atoms with Crippen molar-refractivity contribution < 1.29 is 39.1 Å². The third kappa shape index (κ3) is 4.84. The van der Waals surface area contributed by atoms with Crippen LogP contribution in [0, 0.1) is 52.3 Å². The van der Waals surface area contributed by atoms with Crippen LogP contribution in [0.25, 0.3) is 0 Å². The highest BCUT2D eigenvalue weighted by atomic mass is 16.7. The average molecular weight is 563 g/mol. The van der Waals surface area contributed by atoms with Gasteiger partial charge >= 0.3 is 11.9 Å². The first-order valence-electron chi connectivity index (χ1n) is 15.5. The Labute approximate surface area is 238 Å². The SMILES string of the molecule is C=C1C2CCC3C4(C)CC(OC5OC(CO)C(C)[C@@H](C)C5OC(=O)CC(C)C)CC(C(=O)O)C4CCC3(C2)C1O. The minimum absolute atomic E-state index is 0.00849. The summed E-state index contributed by atoms with van der Waals surface area (Å²) < 4.78 is 18.8. The lowest BCUT2D eigenvalue weighted by Crippen LogP contribution is -2.60. The Balaban J connectivity index is 1.42. The van der Waals surface area contributed by atoms with E-state index >= 15 is 0 Å². The lowest BCUT2D eigenvalue weighted by atomic mass is 9.43. The van der Waals surface area contributed by atoms with Crippen LogP contribution in [-0.2, 0) is 23.8 Å². The number of aliphatic hydroxyl groups excluding tert-OH is 2. The number of ether oxygens (including phenoxy) is 3. The molecule has 1 saturated heterocycles. The van der Waals surface area contributed by atoms with Crippen LogP contribution in [-0.4, -0.2) is 64.6 Å². The van der Waals surface area contributed by atoms with E-state index in [4.69, 9.17) is 14.2 Å². The van der Waals surface area contributed by atoms with Gasteiger partial charge in [0.1, 0.15) is 0 Å². The fraction of sp³-hybridized carbons (Fsp3) is 0.875. The molecule has 0 radical (unpaired) electrons. The summed E-state index contributed by atoms with van der Waals surface area (Å²) in [7, 11) is 0. The van der Waals surface area contributed by atoms with Crippen LogP contribution in [0.4, 0.5) is 0 Å². The molecule has 1 aliphatic heterocycles. The molecule has 8 heteroatoms. The van der Waals surface area contributed by atoms with Crippen LogP contribution in [0.3, 0.4) is 0 Å². The third-order valence-electron chi connectivity index (χ3n) is 12.0. The first-order chi connectivity index (χ1) is 18.8. The highest BCUT2D eigenvalue weighted by molar-refractivity contribution is 5.71. The Morgan fingerprint density at radius 3 is 2.52 bits per heavy atom. The van der Waals surface area contributed by atoms with Gasteiger partial charge in [-0.1, -0.05) is 41.2 Å². The Morgan fingerprint density at radius 2 is 1.88 bits per heavy atom. The molecule has 13 atom stereocenters. The van der Waals surface area contributed by atoms with E-state index in [0.29, 0.717) is 18.8 Å². The van der Waals surface area contributed by atoms with Crippen LogP contribution in [0.15, 0.2) is 12.2 Å². The van der Waals surface area contributed by atoms with Crippen molar-refractivity contribution in [2.24, 2.45) is 52.3 Å². The molecule has 5 aliphatic rings. The largest absolute Gasteiger partial charge is 0.481 e. The first kappa shape index (κ1) is 30.0. The second kappa shape index (κ2) is 11.0. The third-order valence-corrected chi connectivity index (χ3v) is 12.0. The van der Waals surface area contributed by atoms with Gasteiger partial charge in [0.2, 0.25) is 0 Å². The van der Waals surface area contributed by atoms with Gasteiger partial charge in [-0.2, -0.15) is 0 Å². The molecule has 5 rings (SSSR count). The van der Waals surface area contributed by atoms with E-state index < -0.39 is 42.6 Å². The summed E-state index contributed by atoms with van der Waals surface area (Å²) >= 11 is 0. The van der Waals surface area contributed by atoms with Gasteiger partial charge in [-0.25, -0.2) is 0 Å². The fourth-order valence-electron chi connectivity index (χ4n) is 9.80. The number of aliphatic carboxylic acids is 1. The minimum Gasteiger partial charge on any atom is -0.481 e. The molecule has 12 unspecified atom stereocenters. The van der Waals surface area contributed by atoms with E-state index in [1.807, 2.05) is 27.7 Å². The van der Waals surface area contributed by atoms with Gasteiger partial charge in [0, 0.05) is 17.8 Å². The maximum Gasteiger partial charge on any atom is 0.306 e. The van der Waals surface area contributed by atoms with Crippen LogP contribution in [0.1, 0.15) is 86.0 Å². The zero-order chi connectivity index (χ0) is 29.1. The highest BCUT2D eigenvalue weighted by Crippen LogP contribution is 2.70. The number of fused-ring (bicyclic) bond motifs is 3. The summed E-state index contributed by atoms with van der Waals surface area (Å²) in [5, 5.41) is 31.8. The maximum atomic E-state index is 12.7. The topological polar surface area (TPSA) is 123 Å². The van der Waals surface area contributed by atoms with Crippen molar-refractivity contribution in [1.29, 1.82) is 0 Å². The average Bonchev–Trinajstić information content (AvgIpc) is 3.06. The van der Waals surface area contributed by atoms with E-state index in [-0.39, 0.29) is 59.4 Å². The van der Waals surface area contributed by atoms with E-state index in [1.54, 1.807) is 0 Å². The van der Waals surface area contributed by atoms with Crippen molar-refractivity contribution in [2.45, 2.75) is 117 Å². The normalized spacial score (nSPS) is 48.4. The smallest absolute Gasteiger partial charge is 0.306 e. The van der Waals surface area contributed by atoms with Crippen molar-refractivity contribution in [1.82, 2.24) is 0 Å². The van der Waals surface area contributed by atoms with Gasteiger partial charge in [-0.15, -0.1) is 0 Å². The molecule has 5 fully saturated rings. The molecule has 3 N–H and O–H groups in total. The van der Waals surface area contributed by atoms with Crippen LogP contribution < -0.4 is 0 Å². The Bertz CT molecular complexity index is 995. The lowest BCUT2D eigenvalue weighted by Gasteiger charge is -2.62. The Kier molecular flexibility index (Phi) is 8.23. The van der Waals surface area contributed by atoms with Gasteiger partial charge in [0.05, 0.1) is 30.8 Å². The van der Waals surface area contributed by atoms with Crippen molar-refractivity contribution >= 4 is 11.9 Å². The summed E-state index contributed by atoms with van der Waals surface area (Å²) in [6.07, 6.45) is 2.90. The van der Waals surface area contributed by atoms with Gasteiger partial charge in [-0.3, -0.25) is 9.59 Å². The monoisotopic (exact) mass is 562 g/mol. The molecule has 0 amide bonds. The molecule has 0 aromatic rings. The predicted molar refractivity (Wildman–Crippen MR) is 148 cm³/mol. The summed E-state index contributed by atoms with van der Waals surface area (Å²) in [5.41, 5.74) is 0.398. The van der Waals surface area contributed by atoms with E-state index in [0.717, 1.165) is 37.7 Å². The van der Waals surface area contributed by atoms with Gasteiger partial charge < -0.3 is 29.5 Å². The van der Waals surface area contributed by atoms with E-state index in [1.165, 1.54) is 0 Å². The highest BCUT2D eigenvalue weighted by Gasteiger charge is 2.67. The van der Waals surface area contributed by atoms with Crippen LogP contribution in [0.2, 0.25) is 0 Å². The molecule has 40 heavy (non-hydrogen) atoms. The van der Waals surface area contributed by atoms with Gasteiger partial charge in [0.15, 0.2) is 12.4 Å². The second-order valence-corrected chi connectivity index (χ2v) is 14.5. The Morgan fingerprint density at radius 1 is 1.15 bits per heavy atom. The van der Waals surface area contributed by atoms with E-state index in [9.17, 15) is 24.9 Å². The molecule has 8 nitrogen and oxygen atoms in total. The molecular formula is C32H50O8. The molecule has 0 aromatic carbocycles. The molecule has 2 bridgehead atoms. The van der Waals surface area contributed by atoms with Crippen molar-refractivity contribution in [3.05, 3.63) is 12.2 Å². The quantitative estimate of drug-likeness (QED) is 0.234. The molecular weight excluding hydrogens is 512 g/mol. The molecule has 1 spiro atoms. The number of rotatable bonds is 7. The minimum atomic E-state index is -0.885. The van der Waals surface area contributed by atoms with E-state index in [2.05, 4.69) is 13.5 Å². The van der Waals surface area contributed by atoms with Gasteiger partial charge in [0.25, 0.3) is 0 Å². The summed E-state index contributed by atoms with van der Waals surface area (Å²) in [6, 6.07) is 0. The fourth-order valence-corrected chi connectivity index (χ4v) is 9.80.